The summed E-state index contributed by atoms with van der Waals surface area (Å²) in [5, 5.41) is 3.39. The van der Waals surface area contributed by atoms with Gasteiger partial charge in [0, 0.05) is 13.1 Å². The molecule has 1 aromatic rings. The Morgan fingerprint density at radius 1 is 1.44 bits per heavy atom. The molecule has 0 unspecified atom stereocenters. The molecule has 0 saturated carbocycles. The van der Waals surface area contributed by atoms with Crippen molar-refractivity contribution in [3.8, 4) is 0 Å². The normalized spacial score (nSPS) is 17.9. The van der Waals surface area contributed by atoms with E-state index in [-0.39, 0.29) is 0 Å². The lowest BCUT2D eigenvalue weighted by atomic mass is 9.99. The number of anilines is 2. The van der Waals surface area contributed by atoms with Crippen LogP contribution in [0.2, 0.25) is 0 Å². The van der Waals surface area contributed by atoms with Gasteiger partial charge >= 0.3 is 0 Å². The van der Waals surface area contributed by atoms with E-state index in [0.29, 0.717) is 0 Å². The Bertz CT molecular complexity index is 383. The Morgan fingerprint density at radius 2 is 2.17 bits per heavy atom. The molecule has 0 aromatic carbocycles. The van der Waals surface area contributed by atoms with Crippen molar-refractivity contribution < 1.29 is 0 Å². The van der Waals surface area contributed by atoms with Crippen LogP contribution < -0.4 is 11.1 Å². The molecule has 100 valence electrons. The van der Waals surface area contributed by atoms with Gasteiger partial charge in [-0.25, -0.2) is 4.98 Å². The van der Waals surface area contributed by atoms with Gasteiger partial charge in [0.1, 0.15) is 5.82 Å². The van der Waals surface area contributed by atoms with Crippen LogP contribution in [0, 0.1) is 12.8 Å². The molecule has 4 nitrogen and oxygen atoms in total. The second-order valence-electron chi connectivity index (χ2n) is 5.39. The summed E-state index contributed by atoms with van der Waals surface area (Å²) in [7, 11) is 0. The van der Waals surface area contributed by atoms with Gasteiger partial charge in [0.25, 0.3) is 0 Å². The third-order valence-corrected chi connectivity index (χ3v) is 3.70. The molecule has 0 atom stereocenters. The van der Waals surface area contributed by atoms with Gasteiger partial charge in [0.2, 0.25) is 0 Å². The molecule has 1 aliphatic heterocycles. The Morgan fingerprint density at radius 3 is 2.83 bits per heavy atom. The van der Waals surface area contributed by atoms with Crippen molar-refractivity contribution in [2.45, 2.75) is 26.7 Å². The van der Waals surface area contributed by atoms with Gasteiger partial charge < -0.3 is 16.0 Å². The van der Waals surface area contributed by atoms with Crippen LogP contribution >= 0.6 is 0 Å². The van der Waals surface area contributed by atoms with Crippen LogP contribution in [0.4, 0.5) is 11.5 Å². The molecule has 2 heterocycles. The van der Waals surface area contributed by atoms with Crippen LogP contribution in [0.1, 0.15) is 25.3 Å². The van der Waals surface area contributed by atoms with Gasteiger partial charge in [-0.05, 0) is 50.4 Å². The summed E-state index contributed by atoms with van der Waals surface area (Å²) in [5.41, 5.74) is 7.53. The van der Waals surface area contributed by atoms with Crippen LogP contribution in [0.15, 0.2) is 12.3 Å². The third-order valence-electron chi connectivity index (χ3n) is 3.70. The lowest BCUT2D eigenvalue weighted by Crippen LogP contribution is -2.36. The molecule has 4 heteroatoms. The monoisotopic (exact) mass is 248 g/mol. The van der Waals surface area contributed by atoms with E-state index in [4.69, 9.17) is 5.73 Å². The smallest absolute Gasteiger partial charge is 0.129 e. The van der Waals surface area contributed by atoms with Crippen molar-refractivity contribution in [2.24, 2.45) is 5.92 Å². The van der Waals surface area contributed by atoms with Crippen molar-refractivity contribution in [1.82, 2.24) is 9.88 Å². The standard InChI is InChI=1S/C14H24N4/c1-11-3-6-18(7-4-11)8-5-16-14-12(2)9-13(15)10-17-14/h9-11H,3-8,15H2,1-2H3,(H,16,17). The van der Waals surface area contributed by atoms with E-state index in [2.05, 4.69) is 22.1 Å². The van der Waals surface area contributed by atoms with Gasteiger partial charge in [-0.15, -0.1) is 0 Å². The number of nitrogen functional groups attached to an aromatic ring is 1. The molecule has 0 radical (unpaired) electrons. The molecule has 2 rings (SSSR count). The first-order valence-corrected chi connectivity index (χ1v) is 6.83. The SMILES string of the molecule is Cc1cc(N)cnc1NCCN1CCC(C)CC1. The number of hydrogen-bond acceptors (Lipinski definition) is 4. The van der Waals surface area contributed by atoms with E-state index in [9.17, 15) is 0 Å². The number of likely N-dealkylation sites (tertiary alicyclic amines) is 1. The Balaban J connectivity index is 1.75. The Labute approximate surface area is 110 Å². The molecule has 1 aromatic heterocycles. The van der Waals surface area contributed by atoms with Crippen LogP contribution in [0.5, 0.6) is 0 Å². The molecular formula is C14H24N4. The summed E-state index contributed by atoms with van der Waals surface area (Å²) in [6.07, 6.45) is 4.37. The summed E-state index contributed by atoms with van der Waals surface area (Å²) < 4.78 is 0. The lowest BCUT2D eigenvalue weighted by molar-refractivity contribution is 0.199. The summed E-state index contributed by atoms with van der Waals surface area (Å²) in [6.45, 7) is 8.89. The largest absolute Gasteiger partial charge is 0.397 e. The van der Waals surface area contributed by atoms with E-state index in [1.165, 1.54) is 25.9 Å². The van der Waals surface area contributed by atoms with Crippen molar-refractivity contribution in [3.63, 3.8) is 0 Å². The first-order valence-electron chi connectivity index (χ1n) is 6.83. The summed E-state index contributed by atoms with van der Waals surface area (Å²) >= 11 is 0. The maximum atomic E-state index is 5.69. The fourth-order valence-corrected chi connectivity index (χ4v) is 2.40. The topological polar surface area (TPSA) is 54.2 Å². The molecule has 0 aliphatic carbocycles. The van der Waals surface area contributed by atoms with Gasteiger partial charge in [0.05, 0.1) is 11.9 Å². The zero-order valence-electron chi connectivity index (χ0n) is 11.4. The lowest BCUT2D eigenvalue weighted by Gasteiger charge is -2.30. The second-order valence-corrected chi connectivity index (χ2v) is 5.39. The van der Waals surface area contributed by atoms with E-state index >= 15 is 0 Å². The summed E-state index contributed by atoms with van der Waals surface area (Å²) in [6, 6.07) is 1.96. The number of nitrogens with zero attached hydrogens (tertiary/aromatic N) is 2. The molecule has 1 aliphatic rings. The second kappa shape index (κ2) is 6.05. The Kier molecular flexibility index (Phi) is 4.42. The highest BCUT2D eigenvalue weighted by atomic mass is 15.1. The van der Waals surface area contributed by atoms with Gasteiger partial charge in [-0.1, -0.05) is 6.92 Å². The van der Waals surface area contributed by atoms with Crippen LogP contribution in [-0.4, -0.2) is 36.1 Å². The average molecular weight is 248 g/mol. The Hall–Kier alpha value is -1.29. The fraction of sp³-hybridized carbons (Fsp3) is 0.643. The highest BCUT2D eigenvalue weighted by molar-refractivity contribution is 5.50. The minimum Gasteiger partial charge on any atom is -0.397 e. The number of nitrogens with two attached hydrogens (primary N) is 1. The maximum absolute atomic E-state index is 5.69. The number of aromatic nitrogens is 1. The minimum absolute atomic E-state index is 0.725. The van der Waals surface area contributed by atoms with E-state index in [0.717, 1.165) is 36.1 Å². The number of aryl methyl sites for hydroxylation is 1. The van der Waals surface area contributed by atoms with Crippen molar-refractivity contribution in [1.29, 1.82) is 0 Å². The molecular weight excluding hydrogens is 224 g/mol. The highest BCUT2D eigenvalue weighted by Gasteiger charge is 2.14. The van der Waals surface area contributed by atoms with Crippen molar-refractivity contribution in [3.05, 3.63) is 17.8 Å². The quantitative estimate of drug-likeness (QED) is 0.857. The number of pyridine rings is 1. The predicted molar refractivity (Wildman–Crippen MR) is 76.7 cm³/mol. The number of hydrogen-bond donors (Lipinski definition) is 2. The summed E-state index contributed by atoms with van der Waals surface area (Å²) in [4.78, 5) is 6.85. The van der Waals surface area contributed by atoms with Gasteiger partial charge in [-0.2, -0.15) is 0 Å². The van der Waals surface area contributed by atoms with E-state index in [1.807, 2.05) is 13.0 Å². The van der Waals surface area contributed by atoms with Crippen LogP contribution in [-0.2, 0) is 0 Å². The minimum atomic E-state index is 0.725. The van der Waals surface area contributed by atoms with Crippen LogP contribution in [0.25, 0.3) is 0 Å². The zero-order chi connectivity index (χ0) is 13.0. The predicted octanol–water partition coefficient (Wildman–Crippen LogP) is 2.12. The zero-order valence-corrected chi connectivity index (χ0v) is 11.4. The van der Waals surface area contributed by atoms with Crippen LogP contribution in [0.3, 0.4) is 0 Å². The summed E-state index contributed by atoms with van der Waals surface area (Å²) in [5.74, 6) is 1.85. The molecule has 1 saturated heterocycles. The maximum Gasteiger partial charge on any atom is 0.129 e. The fourth-order valence-electron chi connectivity index (χ4n) is 2.40. The van der Waals surface area contributed by atoms with Gasteiger partial charge in [0.15, 0.2) is 0 Å². The molecule has 0 spiro atoms. The van der Waals surface area contributed by atoms with E-state index < -0.39 is 0 Å². The molecule has 18 heavy (non-hydrogen) atoms. The molecule has 1 fully saturated rings. The molecule has 3 N–H and O–H groups in total. The van der Waals surface area contributed by atoms with Gasteiger partial charge in [-0.3, -0.25) is 0 Å². The number of nitrogens with one attached hydrogen (secondary N) is 1. The first kappa shape index (κ1) is 13.1. The van der Waals surface area contributed by atoms with E-state index in [1.54, 1.807) is 6.20 Å². The molecule has 0 bridgehead atoms. The number of piperidine rings is 1. The number of rotatable bonds is 4. The average Bonchev–Trinajstić information content (AvgIpc) is 2.34. The highest BCUT2D eigenvalue weighted by Crippen LogP contribution is 2.16. The third kappa shape index (κ3) is 3.60. The molecule has 0 amide bonds. The first-order chi connectivity index (χ1) is 8.65. The van der Waals surface area contributed by atoms with Crippen molar-refractivity contribution in [2.75, 3.05) is 37.2 Å². The van der Waals surface area contributed by atoms with Crippen molar-refractivity contribution >= 4 is 11.5 Å².